The Morgan fingerprint density at radius 1 is 1.00 bits per heavy atom. The Morgan fingerprint density at radius 3 is 2.42 bits per heavy atom. The first-order chi connectivity index (χ1) is 12.5. The van der Waals surface area contributed by atoms with Gasteiger partial charge in [0.15, 0.2) is 11.5 Å². The van der Waals surface area contributed by atoms with E-state index in [1.807, 2.05) is 44.2 Å². The number of rotatable bonds is 4. The number of carbonyl (C=O) groups is 2. The summed E-state index contributed by atoms with van der Waals surface area (Å²) >= 11 is 0. The van der Waals surface area contributed by atoms with Gasteiger partial charge in [-0.3, -0.25) is 9.59 Å². The summed E-state index contributed by atoms with van der Waals surface area (Å²) in [5.74, 6) is 0.447. The Labute approximate surface area is 152 Å². The van der Waals surface area contributed by atoms with E-state index in [9.17, 15) is 9.59 Å². The maximum Gasteiger partial charge on any atom is 0.265 e. The summed E-state index contributed by atoms with van der Waals surface area (Å²) in [6.07, 6.45) is -1.26. The summed E-state index contributed by atoms with van der Waals surface area (Å²) < 4.78 is 11.4. The van der Waals surface area contributed by atoms with E-state index in [1.54, 1.807) is 19.1 Å². The van der Waals surface area contributed by atoms with Crippen LogP contribution in [0.2, 0.25) is 0 Å². The number of benzene rings is 2. The van der Waals surface area contributed by atoms with Crippen LogP contribution in [0.25, 0.3) is 0 Å². The van der Waals surface area contributed by atoms with Crippen molar-refractivity contribution in [1.82, 2.24) is 5.32 Å². The van der Waals surface area contributed by atoms with Crippen LogP contribution in [0.3, 0.4) is 0 Å². The lowest BCUT2D eigenvalue weighted by Gasteiger charge is -2.30. The number of ether oxygens (including phenoxy) is 2. The van der Waals surface area contributed by atoms with Gasteiger partial charge in [-0.15, -0.1) is 0 Å². The van der Waals surface area contributed by atoms with Gasteiger partial charge in [-0.05, 0) is 50.1 Å². The van der Waals surface area contributed by atoms with Crippen molar-refractivity contribution in [2.45, 2.75) is 33.0 Å². The molecule has 0 radical (unpaired) electrons. The number of carbonyl (C=O) groups excluding carboxylic acids is 2. The molecule has 0 aliphatic carbocycles. The lowest BCUT2D eigenvalue weighted by molar-refractivity contribution is -0.134. The highest BCUT2D eigenvalue weighted by atomic mass is 16.6. The van der Waals surface area contributed by atoms with Crippen molar-refractivity contribution < 1.29 is 19.1 Å². The first-order valence-corrected chi connectivity index (χ1v) is 8.52. The zero-order chi connectivity index (χ0) is 18.7. The topological polar surface area (TPSA) is 76.7 Å². The predicted octanol–water partition coefficient (Wildman–Crippen LogP) is 2.59. The summed E-state index contributed by atoms with van der Waals surface area (Å²) in [4.78, 5) is 24.5. The minimum Gasteiger partial charge on any atom is -0.482 e. The molecule has 1 aliphatic heterocycles. The van der Waals surface area contributed by atoms with Gasteiger partial charge in [-0.1, -0.05) is 24.3 Å². The van der Waals surface area contributed by atoms with Crippen LogP contribution in [-0.4, -0.2) is 30.6 Å². The Bertz CT molecular complexity index is 834. The first-order valence-electron chi connectivity index (χ1n) is 8.52. The fourth-order valence-corrected chi connectivity index (χ4v) is 2.76. The molecule has 136 valence electrons. The van der Waals surface area contributed by atoms with Crippen LogP contribution in [-0.2, 0) is 9.59 Å². The highest BCUT2D eigenvalue weighted by Gasteiger charge is 2.34. The second kappa shape index (κ2) is 7.47. The number of amides is 2. The first kappa shape index (κ1) is 17.8. The molecule has 1 heterocycles. The molecule has 3 rings (SSSR count). The minimum atomic E-state index is -0.807. The van der Waals surface area contributed by atoms with E-state index in [-0.39, 0.29) is 18.4 Å². The standard InChI is InChI=1S/C20H22N2O4/c1-12-7-6-8-15(13(12)2)22-18(23)11-21-20(24)19-14(3)25-16-9-4-5-10-17(16)26-19/h4-10,14,19H,11H2,1-3H3,(H,21,24)(H,22,23)/t14-,19-/m0/s1. The van der Waals surface area contributed by atoms with Crippen LogP contribution < -0.4 is 20.1 Å². The highest BCUT2D eigenvalue weighted by Crippen LogP contribution is 2.33. The Hall–Kier alpha value is -3.02. The zero-order valence-corrected chi connectivity index (χ0v) is 15.0. The number of hydrogen-bond donors (Lipinski definition) is 2. The van der Waals surface area contributed by atoms with Crippen molar-refractivity contribution in [1.29, 1.82) is 0 Å². The molecule has 2 atom stereocenters. The molecule has 2 aromatic carbocycles. The Balaban J connectivity index is 1.57. The van der Waals surface area contributed by atoms with Gasteiger partial charge in [0.1, 0.15) is 6.10 Å². The number of anilines is 1. The molecule has 6 heteroatoms. The van der Waals surface area contributed by atoms with Crippen molar-refractivity contribution in [2.75, 3.05) is 11.9 Å². The Morgan fingerprint density at radius 2 is 1.69 bits per heavy atom. The van der Waals surface area contributed by atoms with E-state index in [0.29, 0.717) is 11.5 Å². The molecule has 0 saturated carbocycles. The summed E-state index contributed by atoms with van der Waals surface area (Å²) in [5.41, 5.74) is 2.83. The van der Waals surface area contributed by atoms with Gasteiger partial charge in [0.05, 0.1) is 6.54 Å². The third kappa shape index (κ3) is 3.79. The van der Waals surface area contributed by atoms with Crippen LogP contribution in [0.5, 0.6) is 11.5 Å². The molecule has 0 unspecified atom stereocenters. The summed E-state index contributed by atoms with van der Waals surface area (Å²) in [7, 11) is 0. The second-order valence-corrected chi connectivity index (χ2v) is 6.32. The molecule has 0 fully saturated rings. The van der Waals surface area contributed by atoms with Crippen LogP contribution >= 0.6 is 0 Å². The molecular formula is C20H22N2O4. The van der Waals surface area contributed by atoms with E-state index >= 15 is 0 Å². The zero-order valence-electron chi connectivity index (χ0n) is 15.0. The van der Waals surface area contributed by atoms with E-state index in [2.05, 4.69) is 10.6 Å². The summed E-state index contributed by atoms with van der Waals surface area (Å²) in [5, 5.41) is 5.42. The van der Waals surface area contributed by atoms with Crippen LogP contribution in [0, 0.1) is 13.8 Å². The quantitative estimate of drug-likeness (QED) is 0.885. The van der Waals surface area contributed by atoms with Gasteiger partial charge in [0.25, 0.3) is 5.91 Å². The third-order valence-electron chi connectivity index (χ3n) is 4.40. The number of fused-ring (bicyclic) bond motifs is 1. The van der Waals surface area contributed by atoms with Crippen molar-refractivity contribution in [2.24, 2.45) is 0 Å². The highest BCUT2D eigenvalue weighted by molar-refractivity contribution is 5.96. The van der Waals surface area contributed by atoms with E-state index in [4.69, 9.17) is 9.47 Å². The molecular weight excluding hydrogens is 332 g/mol. The smallest absolute Gasteiger partial charge is 0.265 e. The monoisotopic (exact) mass is 354 g/mol. The van der Waals surface area contributed by atoms with Crippen molar-refractivity contribution in [3.05, 3.63) is 53.6 Å². The number of nitrogens with one attached hydrogen (secondary N) is 2. The molecule has 2 aromatic rings. The average Bonchev–Trinajstić information content (AvgIpc) is 2.63. The molecule has 0 aromatic heterocycles. The van der Waals surface area contributed by atoms with Gasteiger partial charge in [0.2, 0.25) is 12.0 Å². The molecule has 26 heavy (non-hydrogen) atoms. The SMILES string of the molecule is Cc1cccc(NC(=O)CNC(=O)[C@H]2Oc3ccccc3O[C@H]2C)c1C. The second-order valence-electron chi connectivity index (χ2n) is 6.32. The molecule has 6 nitrogen and oxygen atoms in total. The van der Waals surface area contributed by atoms with Crippen LogP contribution in [0.4, 0.5) is 5.69 Å². The number of aryl methyl sites for hydroxylation is 1. The summed E-state index contributed by atoms with van der Waals surface area (Å²) in [6, 6.07) is 12.9. The van der Waals surface area contributed by atoms with E-state index in [1.165, 1.54) is 0 Å². The normalized spacial score (nSPS) is 18.1. The predicted molar refractivity (Wildman–Crippen MR) is 98.5 cm³/mol. The molecule has 1 aliphatic rings. The van der Waals surface area contributed by atoms with Gasteiger partial charge in [0, 0.05) is 5.69 Å². The summed E-state index contributed by atoms with van der Waals surface area (Å²) in [6.45, 7) is 5.54. The van der Waals surface area contributed by atoms with Crippen LogP contribution in [0.15, 0.2) is 42.5 Å². The van der Waals surface area contributed by atoms with E-state index in [0.717, 1.165) is 16.8 Å². The van der Waals surface area contributed by atoms with Crippen molar-refractivity contribution >= 4 is 17.5 Å². The fraction of sp³-hybridized carbons (Fsp3) is 0.300. The van der Waals surface area contributed by atoms with Crippen molar-refractivity contribution in [3.63, 3.8) is 0 Å². The minimum absolute atomic E-state index is 0.138. The molecule has 0 saturated heterocycles. The number of hydrogen-bond acceptors (Lipinski definition) is 4. The molecule has 0 spiro atoms. The lowest BCUT2D eigenvalue weighted by atomic mass is 10.1. The Kier molecular flexibility index (Phi) is 5.11. The largest absolute Gasteiger partial charge is 0.482 e. The average molecular weight is 354 g/mol. The molecule has 0 bridgehead atoms. The molecule has 2 N–H and O–H groups in total. The fourth-order valence-electron chi connectivity index (χ4n) is 2.76. The number of para-hydroxylation sites is 2. The maximum atomic E-state index is 12.4. The van der Waals surface area contributed by atoms with Crippen molar-refractivity contribution in [3.8, 4) is 11.5 Å². The van der Waals surface area contributed by atoms with Crippen LogP contribution in [0.1, 0.15) is 18.1 Å². The van der Waals surface area contributed by atoms with Gasteiger partial charge in [-0.2, -0.15) is 0 Å². The molecule has 2 amide bonds. The van der Waals surface area contributed by atoms with Gasteiger partial charge < -0.3 is 20.1 Å². The van der Waals surface area contributed by atoms with E-state index < -0.39 is 12.2 Å². The third-order valence-corrected chi connectivity index (χ3v) is 4.40. The maximum absolute atomic E-state index is 12.4. The van der Waals surface area contributed by atoms with Gasteiger partial charge in [-0.25, -0.2) is 0 Å². The van der Waals surface area contributed by atoms with Gasteiger partial charge >= 0.3 is 0 Å². The lowest BCUT2D eigenvalue weighted by Crippen LogP contribution is -2.50.